The summed E-state index contributed by atoms with van der Waals surface area (Å²) in [6, 6.07) is 21.0. The first-order valence-electron chi connectivity index (χ1n) is 18.9. The summed E-state index contributed by atoms with van der Waals surface area (Å²) in [5.41, 5.74) is 2.01. The van der Waals surface area contributed by atoms with E-state index in [4.69, 9.17) is 14.0 Å². The number of hydrogen-bond acceptors (Lipinski definition) is 9. The molecule has 0 saturated carbocycles. The first kappa shape index (κ1) is 48.3. The minimum atomic E-state index is -4.56. The number of unbranched alkanes of at least 4 members (excludes halogenated alkanes) is 12. The van der Waals surface area contributed by atoms with E-state index in [0.717, 1.165) is 49.3 Å². The van der Waals surface area contributed by atoms with Gasteiger partial charge >= 0.3 is 37.7 Å². The molecule has 4 aromatic carbocycles. The van der Waals surface area contributed by atoms with Gasteiger partial charge in [0.05, 0.1) is 9.79 Å². The van der Waals surface area contributed by atoms with E-state index in [1.54, 1.807) is 30.3 Å². The molecule has 0 saturated heterocycles. The van der Waals surface area contributed by atoms with Crippen molar-refractivity contribution in [1.82, 2.24) is 0 Å². The minimum Gasteiger partial charge on any atom is -0.870 e. The van der Waals surface area contributed by atoms with Gasteiger partial charge in [-0.05, 0) is 85.3 Å². The number of benzene rings is 4. The first-order chi connectivity index (χ1) is 25.8. The van der Waals surface area contributed by atoms with Gasteiger partial charge in [-0.3, -0.25) is 4.55 Å². The maximum atomic E-state index is 12.2. The largest absolute Gasteiger partial charge is 2.00 e. The molecule has 2 N–H and O–H groups in total. The Morgan fingerprint density at radius 1 is 0.564 bits per heavy atom. The van der Waals surface area contributed by atoms with Crippen LogP contribution in [0.15, 0.2) is 94.7 Å². The number of hydrogen-bond donors (Lipinski definition) is 2. The Hall–Kier alpha value is -2.84. The molecule has 0 fully saturated rings. The Bertz CT molecular complexity index is 1810. The Morgan fingerprint density at radius 2 is 1.00 bits per heavy atom. The molecule has 0 spiro atoms. The molecule has 0 aliphatic rings. The Kier molecular flexibility index (Phi) is 22.3. The number of phenols is 1. The zero-order chi connectivity index (χ0) is 39.4. The summed E-state index contributed by atoms with van der Waals surface area (Å²) >= 11 is 0. The third kappa shape index (κ3) is 18.8. The number of aryl methyl sites for hydroxylation is 2. The molecular formula is C42H54CaO10S2. The topological polar surface area (TPSA) is 173 Å². The monoisotopic (exact) mass is 822 g/mol. The molecule has 13 heteroatoms. The van der Waals surface area contributed by atoms with E-state index in [1.165, 1.54) is 107 Å². The molecule has 0 bridgehead atoms. The summed E-state index contributed by atoms with van der Waals surface area (Å²) < 4.78 is 75.7. The molecule has 0 amide bonds. The van der Waals surface area contributed by atoms with Crippen molar-refractivity contribution in [3.05, 3.63) is 96.1 Å². The van der Waals surface area contributed by atoms with Crippen LogP contribution in [0.1, 0.15) is 115 Å². The van der Waals surface area contributed by atoms with Crippen LogP contribution < -0.4 is 14.6 Å². The number of ether oxygens (including phenoxy) is 2. The van der Waals surface area contributed by atoms with E-state index >= 15 is 0 Å². The van der Waals surface area contributed by atoms with Crippen LogP contribution in [0.4, 0.5) is 0 Å². The van der Waals surface area contributed by atoms with Crippen molar-refractivity contribution in [2.45, 2.75) is 126 Å². The normalized spacial score (nSPS) is 11.3. The van der Waals surface area contributed by atoms with Crippen LogP contribution in [-0.4, -0.2) is 68.8 Å². The van der Waals surface area contributed by atoms with Crippen LogP contribution in [0.2, 0.25) is 0 Å². The van der Waals surface area contributed by atoms with Gasteiger partial charge < -0.3 is 24.2 Å². The van der Waals surface area contributed by atoms with Crippen molar-refractivity contribution in [1.29, 1.82) is 0 Å². The van der Waals surface area contributed by atoms with Crippen molar-refractivity contribution in [2.75, 3.05) is 0 Å². The molecule has 0 aromatic heterocycles. The third-order valence-corrected chi connectivity index (χ3v) is 10.5. The van der Waals surface area contributed by atoms with Gasteiger partial charge in [0, 0.05) is 6.07 Å². The van der Waals surface area contributed by atoms with Gasteiger partial charge in [0.1, 0.15) is 27.4 Å². The van der Waals surface area contributed by atoms with E-state index in [2.05, 4.69) is 13.8 Å². The summed E-state index contributed by atoms with van der Waals surface area (Å²) in [6.45, 7) is 4.42. The average molecular weight is 823 g/mol. The fraction of sp³-hybridized carbons (Fsp3) is 0.429. The van der Waals surface area contributed by atoms with Gasteiger partial charge in [0.2, 0.25) is 0 Å². The predicted octanol–water partition coefficient (Wildman–Crippen LogP) is 10.1. The number of rotatable bonds is 22. The average Bonchev–Trinajstić information content (AvgIpc) is 3.13. The van der Waals surface area contributed by atoms with Gasteiger partial charge in [-0.15, -0.1) is 0 Å². The van der Waals surface area contributed by atoms with E-state index < -0.39 is 20.2 Å². The van der Waals surface area contributed by atoms with Crippen LogP contribution in [-0.2, 0) is 33.1 Å². The predicted molar refractivity (Wildman–Crippen MR) is 214 cm³/mol. The fourth-order valence-electron chi connectivity index (χ4n) is 5.81. The minimum absolute atomic E-state index is 0. The Morgan fingerprint density at radius 3 is 1.47 bits per heavy atom. The first-order valence-corrected chi connectivity index (χ1v) is 21.8. The Balaban J connectivity index is 0.000000373. The van der Waals surface area contributed by atoms with E-state index in [-0.39, 0.29) is 82.0 Å². The molecule has 0 heterocycles. The maximum absolute atomic E-state index is 12.2. The molecule has 4 rings (SSSR count). The van der Waals surface area contributed by atoms with Crippen molar-refractivity contribution in [3.8, 4) is 34.5 Å². The van der Waals surface area contributed by atoms with Crippen molar-refractivity contribution in [3.63, 3.8) is 0 Å². The molecule has 0 unspecified atom stereocenters. The van der Waals surface area contributed by atoms with Crippen LogP contribution in [0.5, 0.6) is 34.5 Å². The second-order valence-electron chi connectivity index (χ2n) is 13.4. The van der Waals surface area contributed by atoms with Gasteiger partial charge in [-0.1, -0.05) is 127 Å². The second kappa shape index (κ2) is 25.4. The smallest absolute Gasteiger partial charge is 0.870 e. The molecule has 296 valence electrons. The van der Waals surface area contributed by atoms with Crippen molar-refractivity contribution >= 4 is 58.0 Å². The summed E-state index contributed by atoms with van der Waals surface area (Å²) in [4.78, 5) is -0.641. The third-order valence-electron chi connectivity index (χ3n) is 8.82. The van der Waals surface area contributed by atoms with Crippen molar-refractivity contribution < 1.29 is 45.6 Å². The van der Waals surface area contributed by atoms with E-state index in [1.807, 2.05) is 12.1 Å². The zero-order valence-electron chi connectivity index (χ0n) is 32.1. The van der Waals surface area contributed by atoms with Gasteiger partial charge in [-0.25, -0.2) is 8.42 Å². The number of aromatic hydroxyl groups is 1. The van der Waals surface area contributed by atoms with Crippen LogP contribution in [0.3, 0.4) is 0 Å². The van der Waals surface area contributed by atoms with Crippen LogP contribution >= 0.6 is 0 Å². The quantitative estimate of drug-likeness (QED) is 0.0441. The van der Waals surface area contributed by atoms with Crippen molar-refractivity contribution in [2.24, 2.45) is 0 Å². The van der Waals surface area contributed by atoms with E-state index in [0.29, 0.717) is 0 Å². The number of phenolic OH excluding ortho intramolecular Hbond substituents is 1. The Labute approximate surface area is 357 Å². The van der Waals surface area contributed by atoms with Gasteiger partial charge in [0.15, 0.2) is 11.5 Å². The summed E-state index contributed by atoms with van der Waals surface area (Å²) in [7, 11) is -8.86. The van der Waals surface area contributed by atoms with Gasteiger partial charge in [0.25, 0.3) is 10.1 Å². The molecule has 0 aliphatic carbocycles. The summed E-state index contributed by atoms with van der Waals surface area (Å²) in [5, 5.41) is 22.4. The summed E-state index contributed by atoms with van der Waals surface area (Å²) in [6.07, 6.45) is 19.0. The SMILES string of the molecule is CCCCCCCCCc1ccc(Oc2cccc(S(=O)(=O)O)c2)c(O)c1.CCCCCCCCCc1ccc(Oc2cccc(S(=O)(=O)[O-])c2)c([O-])c1.[Ca+2]. The molecule has 0 aliphatic heterocycles. The molecule has 10 nitrogen and oxygen atoms in total. The zero-order valence-corrected chi connectivity index (χ0v) is 35.9. The molecule has 0 radical (unpaired) electrons. The molecule has 4 aromatic rings. The van der Waals surface area contributed by atoms with E-state index in [9.17, 15) is 31.6 Å². The van der Waals surface area contributed by atoms with Gasteiger partial charge in [-0.2, -0.15) is 8.42 Å². The fourth-order valence-corrected chi connectivity index (χ4v) is 6.84. The molecule has 55 heavy (non-hydrogen) atoms. The van der Waals surface area contributed by atoms with Crippen LogP contribution in [0, 0.1) is 0 Å². The summed E-state index contributed by atoms with van der Waals surface area (Å²) in [5.74, 6) is 0.465. The molecular weight excluding hydrogens is 769 g/mol. The standard InChI is InChI=1S/2C21H28O5S.Ca/c2*1-2-3-4-5-6-7-8-10-17-13-14-21(20(22)15-17)26-18-11-9-12-19(16-18)27(23,24)25;/h2*9,11-16,22H,2-8,10H2,1H3,(H,23,24,25);/q;;+2/p-2. The van der Waals surface area contributed by atoms with Crippen LogP contribution in [0.25, 0.3) is 0 Å². The maximum Gasteiger partial charge on any atom is 2.00 e. The molecule has 0 atom stereocenters. The second-order valence-corrected chi connectivity index (χ2v) is 16.2.